The van der Waals surface area contributed by atoms with E-state index < -0.39 is 0 Å². The Kier molecular flexibility index (Phi) is 6.55. The number of aromatic nitrogens is 2. The van der Waals surface area contributed by atoms with E-state index in [1.165, 1.54) is 12.8 Å². The Morgan fingerprint density at radius 2 is 2.10 bits per heavy atom. The highest BCUT2D eigenvalue weighted by Crippen LogP contribution is 2.19. The number of aryl methyl sites for hydroxylation is 2. The number of hydrogen-bond donors (Lipinski definition) is 1. The van der Waals surface area contributed by atoms with Crippen LogP contribution in [0.1, 0.15) is 62.6 Å². The third-order valence-electron chi connectivity index (χ3n) is 3.66. The van der Waals surface area contributed by atoms with Crippen molar-refractivity contribution in [3.63, 3.8) is 0 Å². The number of ether oxygens (including phenoxy) is 1. The first kappa shape index (κ1) is 16.5. The van der Waals surface area contributed by atoms with Crippen molar-refractivity contribution in [3.05, 3.63) is 11.4 Å². The Morgan fingerprint density at radius 1 is 1.40 bits per heavy atom. The molecule has 0 saturated heterocycles. The maximum atomic E-state index is 12.2. The molecule has 0 aromatic carbocycles. The summed E-state index contributed by atoms with van der Waals surface area (Å²) >= 11 is 0. The van der Waals surface area contributed by atoms with Crippen LogP contribution in [0.3, 0.4) is 0 Å². The molecule has 1 aromatic heterocycles. The van der Waals surface area contributed by atoms with Gasteiger partial charge in [-0.1, -0.05) is 33.1 Å². The van der Waals surface area contributed by atoms with E-state index in [1.807, 2.05) is 6.92 Å². The Hall–Kier alpha value is -1.52. The average molecular weight is 281 g/mol. The fourth-order valence-electron chi connectivity index (χ4n) is 2.20. The number of esters is 1. The van der Waals surface area contributed by atoms with Crippen LogP contribution in [0.25, 0.3) is 0 Å². The van der Waals surface area contributed by atoms with Crippen molar-refractivity contribution < 1.29 is 9.53 Å². The molecule has 114 valence electrons. The van der Waals surface area contributed by atoms with Crippen molar-refractivity contribution in [2.24, 2.45) is 5.92 Å². The van der Waals surface area contributed by atoms with Crippen molar-refractivity contribution in [2.45, 2.75) is 59.9 Å². The second kappa shape index (κ2) is 7.92. The standard InChI is InChI=1S/C15H27N3O2/c1-5-8-9-12(6-2)10-20-15(19)14-13(16)11(4)17-18(14)7-3/h12H,5-10,16H2,1-4H3. The summed E-state index contributed by atoms with van der Waals surface area (Å²) < 4.78 is 7.05. The lowest BCUT2D eigenvalue weighted by atomic mass is 10.0. The van der Waals surface area contributed by atoms with Crippen molar-refractivity contribution >= 4 is 11.7 Å². The van der Waals surface area contributed by atoms with Gasteiger partial charge in [0.2, 0.25) is 0 Å². The first-order chi connectivity index (χ1) is 9.54. The lowest BCUT2D eigenvalue weighted by Gasteiger charge is -2.15. The van der Waals surface area contributed by atoms with Gasteiger partial charge in [0.05, 0.1) is 18.0 Å². The molecule has 1 heterocycles. The van der Waals surface area contributed by atoms with Gasteiger partial charge < -0.3 is 10.5 Å². The third kappa shape index (κ3) is 3.99. The van der Waals surface area contributed by atoms with Crippen molar-refractivity contribution in [1.29, 1.82) is 0 Å². The van der Waals surface area contributed by atoms with Crippen molar-refractivity contribution in [3.8, 4) is 0 Å². The third-order valence-corrected chi connectivity index (χ3v) is 3.66. The van der Waals surface area contributed by atoms with E-state index in [1.54, 1.807) is 11.6 Å². The Labute approximate surface area is 121 Å². The number of rotatable bonds is 8. The monoisotopic (exact) mass is 281 g/mol. The first-order valence-corrected chi connectivity index (χ1v) is 7.55. The number of anilines is 1. The minimum absolute atomic E-state index is 0.361. The summed E-state index contributed by atoms with van der Waals surface area (Å²) in [7, 11) is 0. The van der Waals surface area contributed by atoms with Crippen LogP contribution in [0.4, 0.5) is 5.69 Å². The zero-order valence-corrected chi connectivity index (χ0v) is 13.1. The molecule has 0 radical (unpaired) electrons. The largest absolute Gasteiger partial charge is 0.461 e. The second-order valence-electron chi connectivity index (χ2n) is 5.18. The Balaban J connectivity index is 2.67. The molecular formula is C15H27N3O2. The fraction of sp³-hybridized carbons (Fsp3) is 0.733. The molecular weight excluding hydrogens is 254 g/mol. The maximum absolute atomic E-state index is 12.2. The number of nitrogens with two attached hydrogens (primary N) is 1. The number of unbranched alkanes of at least 4 members (excludes halogenated alkanes) is 1. The highest BCUT2D eigenvalue weighted by molar-refractivity contribution is 5.93. The van der Waals surface area contributed by atoms with E-state index >= 15 is 0 Å². The molecule has 0 bridgehead atoms. The lowest BCUT2D eigenvalue weighted by Crippen LogP contribution is -2.18. The predicted octanol–water partition coefficient (Wildman–Crippen LogP) is 3.17. The van der Waals surface area contributed by atoms with E-state index in [4.69, 9.17) is 10.5 Å². The Morgan fingerprint density at radius 3 is 2.65 bits per heavy atom. The van der Waals surface area contributed by atoms with Gasteiger partial charge >= 0.3 is 5.97 Å². The Bertz CT molecular complexity index is 441. The summed E-state index contributed by atoms with van der Waals surface area (Å²) in [5.74, 6) is 0.0686. The second-order valence-corrected chi connectivity index (χ2v) is 5.18. The maximum Gasteiger partial charge on any atom is 0.358 e. The molecule has 0 saturated carbocycles. The SMILES string of the molecule is CCCCC(CC)COC(=O)c1c(N)c(C)nn1CC. The average Bonchev–Trinajstić information content (AvgIpc) is 2.74. The molecule has 5 heteroatoms. The van der Waals surface area contributed by atoms with E-state index in [9.17, 15) is 4.79 Å². The van der Waals surface area contributed by atoms with Crippen LogP contribution in [-0.4, -0.2) is 22.4 Å². The molecule has 0 aliphatic heterocycles. The number of carbonyl (C=O) groups is 1. The van der Waals surface area contributed by atoms with Gasteiger partial charge in [-0.25, -0.2) is 4.79 Å². The smallest absolute Gasteiger partial charge is 0.358 e. The molecule has 0 aliphatic rings. The summed E-state index contributed by atoms with van der Waals surface area (Å²) in [6.45, 7) is 9.09. The summed E-state index contributed by atoms with van der Waals surface area (Å²) in [4.78, 5) is 12.2. The molecule has 0 spiro atoms. The normalized spacial score (nSPS) is 12.4. The van der Waals surface area contributed by atoms with Gasteiger partial charge in [-0.15, -0.1) is 0 Å². The van der Waals surface area contributed by atoms with E-state index in [0.717, 1.165) is 12.8 Å². The molecule has 2 N–H and O–H groups in total. The summed E-state index contributed by atoms with van der Waals surface area (Å²) in [6.07, 6.45) is 4.46. The summed E-state index contributed by atoms with van der Waals surface area (Å²) in [5.41, 5.74) is 7.41. The number of hydrogen-bond acceptors (Lipinski definition) is 4. The van der Waals surface area contributed by atoms with Crippen molar-refractivity contribution in [1.82, 2.24) is 9.78 Å². The molecule has 5 nitrogen and oxygen atoms in total. The van der Waals surface area contributed by atoms with Gasteiger partial charge in [0.25, 0.3) is 0 Å². The minimum Gasteiger partial charge on any atom is -0.461 e. The minimum atomic E-state index is -0.361. The van der Waals surface area contributed by atoms with Crippen LogP contribution in [0, 0.1) is 12.8 Å². The quantitative estimate of drug-likeness (QED) is 0.743. The predicted molar refractivity (Wildman–Crippen MR) is 80.6 cm³/mol. The van der Waals surface area contributed by atoms with Gasteiger partial charge in [0.15, 0.2) is 5.69 Å². The van der Waals surface area contributed by atoms with Crippen LogP contribution in [0.15, 0.2) is 0 Å². The topological polar surface area (TPSA) is 70.1 Å². The zero-order chi connectivity index (χ0) is 15.1. The van der Waals surface area contributed by atoms with Gasteiger partial charge in [-0.3, -0.25) is 4.68 Å². The molecule has 1 aromatic rings. The van der Waals surface area contributed by atoms with E-state index in [2.05, 4.69) is 18.9 Å². The van der Waals surface area contributed by atoms with Gasteiger partial charge in [0, 0.05) is 6.54 Å². The van der Waals surface area contributed by atoms with Crippen LogP contribution in [0.2, 0.25) is 0 Å². The molecule has 0 fully saturated rings. The molecule has 1 unspecified atom stereocenters. The molecule has 20 heavy (non-hydrogen) atoms. The van der Waals surface area contributed by atoms with Gasteiger partial charge in [-0.05, 0) is 26.2 Å². The van der Waals surface area contributed by atoms with Crippen LogP contribution >= 0.6 is 0 Å². The summed E-state index contributed by atoms with van der Waals surface area (Å²) in [5, 5.41) is 4.24. The van der Waals surface area contributed by atoms with E-state index in [-0.39, 0.29) is 5.97 Å². The zero-order valence-electron chi connectivity index (χ0n) is 13.1. The van der Waals surface area contributed by atoms with Crippen molar-refractivity contribution in [2.75, 3.05) is 12.3 Å². The van der Waals surface area contributed by atoms with E-state index in [0.29, 0.717) is 36.1 Å². The van der Waals surface area contributed by atoms with Crippen LogP contribution < -0.4 is 5.73 Å². The fourth-order valence-corrected chi connectivity index (χ4v) is 2.20. The summed E-state index contributed by atoms with van der Waals surface area (Å²) in [6, 6.07) is 0. The highest BCUT2D eigenvalue weighted by atomic mass is 16.5. The first-order valence-electron chi connectivity index (χ1n) is 7.55. The lowest BCUT2D eigenvalue weighted by molar-refractivity contribution is 0.0415. The van der Waals surface area contributed by atoms with Crippen LogP contribution in [0.5, 0.6) is 0 Å². The number of carbonyl (C=O) groups excluding carboxylic acids is 1. The molecule has 0 aliphatic carbocycles. The highest BCUT2D eigenvalue weighted by Gasteiger charge is 2.21. The van der Waals surface area contributed by atoms with Gasteiger partial charge in [0.1, 0.15) is 0 Å². The number of nitrogens with zero attached hydrogens (tertiary/aromatic N) is 2. The molecule has 1 rings (SSSR count). The molecule has 0 amide bonds. The van der Waals surface area contributed by atoms with Gasteiger partial charge in [-0.2, -0.15) is 5.10 Å². The number of nitrogen functional groups attached to an aromatic ring is 1. The van der Waals surface area contributed by atoms with Crippen LogP contribution in [-0.2, 0) is 11.3 Å². The molecule has 1 atom stereocenters.